The Kier molecular flexibility index (Phi) is 6.38. The minimum Gasteiger partial charge on any atom is -0.465 e. The van der Waals surface area contributed by atoms with Crippen molar-refractivity contribution < 1.29 is 9.53 Å². The maximum absolute atomic E-state index is 11.5. The number of benzene rings is 1. The van der Waals surface area contributed by atoms with E-state index < -0.39 is 0 Å². The van der Waals surface area contributed by atoms with Crippen molar-refractivity contribution in [2.24, 2.45) is 5.92 Å². The molecule has 17 heavy (non-hydrogen) atoms. The van der Waals surface area contributed by atoms with Crippen LogP contribution in [0.25, 0.3) is 0 Å². The third-order valence-corrected chi connectivity index (χ3v) is 3.10. The van der Waals surface area contributed by atoms with E-state index in [0.29, 0.717) is 18.9 Å². The molecule has 0 heterocycles. The Morgan fingerprint density at radius 3 is 2.41 bits per heavy atom. The molecule has 0 N–H and O–H groups in total. The van der Waals surface area contributed by atoms with Gasteiger partial charge >= 0.3 is 5.97 Å². The van der Waals surface area contributed by atoms with Gasteiger partial charge in [-0.1, -0.05) is 57.0 Å². The predicted octanol–water partition coefficient (Wildman–Crippen LogP) is 3.60. The van der Waals surface area contributed by atoms with Crippen LogP contribution in [-0.4, -0.2) is 12.6 Å². The Morgan fingerprint density at radius 1 is 1.18 bits per heavy atom. The molecule has 1 aromatic rings. The molecule has 0 unspecified atom stereocenters. The summed E-state index contributed by atoms with van der Waals surface area (Å²) in [6.45, 7) is 4.83. The largest absolute Gasteiger partial charge is 0.465 e. The van der Waals surface area contributed by atoms with E-state index in [2.05, 4.69) is 13.8 Å². The maximum Gasteiger partial charge on any atom is 0.306 e. The summed E-state index contributed by atoms with van der Waals surface area (Å²) in [7, 11) is 0. The monoisotopic (exact) mass is 234 g/mol. The van der Waals surface area contributed by atoms with Gasteiger partial charge in [-0.3, -0.25) is 4.79 Å². The van der Waals surface area contributed by atoms with Crippen molar-refractivity contribution in [3.63, 3.8) is 0 Å². The molecule has 0 fully saturated rings. The second kappa shape index (κ2) is 7.88. The molecule has 0 radical (unpaired) electrons. The third kappa shape index (κ3) is 5.53. The SMILES string of the molecule is CCC(CC)COC(=O)CCc1ccccc1. The molecule has 0 saturated carbocycles. The van der Waals surface area contributed by atoms with Crippen molar-refractivity contribution in [1.29, 1.82) is 0 Å². The fraction of sp³-hybridized carbons (Fsp3) is 0.533. The first-order chi connectivity index (χ1) is 8.26. The van der Waals surface area contributed by atoms with Crippen LogP contribution in [0.2, 0.25) is 0 Å². The first kappa shape index (κ1) is 13.8. The summed E-state index contributed by atoms with van der Waals surface area (Å²) >= 11 is 0. The molecule has 0 aliphatic carbocycles. The van der Waals surface area contributed by atoms with Crippen molar-refractivity contribution in [2.75, 3.05) is 6.61 Å². The van der Waals surface area contributed by atoms with Crippen LogP contribution in [0.15, 0.2) is 30.3 Å². The molecule has 1 aromatic carbocycles. The van der Waals surface area contributed by atoms with Gasteiger partial charge in [-0.2, -0.15) is 0 Å². The lowest BCUT2D eigenvalue weighted by Crippen LogP contribution is -2.13. The van der Waals surface area contributed by atoms with Gasteiger partial charge in [0, 0.05) is 6.42 Å². The van der Waals surface area contributed by atoms with Crippen LogP contribution in [0.3, 0.4) is 0 Å². The van der Waals surface area contributed by atoms with E-state index in [1.54, 1.807) is 0 Å². The summed E-state index contributed by atoms with van der Waals surface area (Å²) in [6, 6.07) is 10.0. The van der Waals surface area contributed by atoms with Gasteiger partial charge in [0.25, 0.3) is 0 Å². The predicted molar refractivity (Wildman–Crippen MR) is 69.8 cm³/mol. The number of ether oxygens (including phenoxy) is 1. The Bertz CT molecular complexity index is 315. The highest BCUT2D eigenvalue weighted by molar-refractivity contribution is 5.69. The van der Waals surface area contributed by atoms with Gasteiger partial charge in [0.2, 0.25) is 0 Å². The molecule has 0 bridgehead atoms. The number of hydrogen-bond acceptors (Lipinski definition) is 2. The number of hydrogen-bond donors (Lipinski definition) is 0. The van der Waals surface area contributed by atoms with E-state index in [0.717, 1.165) is 19.3 Å². The standard InChI is InChI=1S/C15H22O2/c1-3-13(4-2)12-17-15(16)11-10-14-8-6-5-7-9-14/h5-9,13H,3-4,10-12H2,1-2H3. The van der Waals surface area contributed by atoms with Crippen LogP contribution in [0.4, 0.5) is 0 Å². The van der Waals surface area contributed by atoms with Gasteiger partial charge in [0.1, 0.15) is 0 Å². The van der Waals surface area contributed by atoms with Gasteiger partial charge in [0.05, 0.1) is 6.61 Å². The normalized spacial score (nSPS) is 10.5. The van der Waals surface area contributed by atoms with Crippen LogP contribution >= 0.6 is 0 Å². The quantitative estimate of drug-likeness (QED) is 0.674. The molecular formula is C15H22O2. The van der Waals surface area contributed by atoms with Crippen molar-refractivity contribution in [2.45, 2.75) is 39.5 Å². The third-order valence-electron chi connectivity index (χ3n) is 3.10. The van der Waals surface area contributed by atoms with Gasteiger partial charge in [-0.15, -0.1) is 0 Å². The molecule has 0 atom stereocenters. The van der Waals surface area contributed by atoms with Crippen LogP contribution < -0.4 is 0 Å². The fourth-order valence-corrected chi connectivity index (χ4v) is 1.70. The lowest BCUT2D eigenvalue weighted by atomic mass is 10.1. The number of carbonyl (C=O) groups excluding carboxylic acids is 1. The van der Waals surface area contributed by atoms with Crippen LogP contribution in [0.1, 0.15) is 38.7 Å². The second-order valence-corrected chi connectivity index (χ2v) is 4.35. The summed E-state index contributed by atoms with van der Waals surface area (Å²) < 4.78 is 5.27. The lowest BCUT2D eigenvalue weighted by molar-refractivity contribution is -0.145. The van der Waals surface area contributed by atoms with Crippen molar-refractivity contribution in [3.05, 3.63) is 35.9 Å². The van der Waals surface area contributed by atoms with Crippen LogP contribution in [0.5, 0.6) is 0 Å². The van der Waals surface area contributed by atoms with Gasteiger partial charge in [0.15, 0.2) is 0 Å². The zero-order valence-corrected chi connectivity index (χ0v) is 10.8. The van der Waals surface area contributed by atoms with Crippen molar-refractivity contribution in [3.8, 4) is 0 Å². The topological polar surface area (TPSA) is 26.3 Å². The lowest BCUT2D eigenvalue weighted by Gasteiger charge is -2.12. The molecule has 2 nitrogen and oxygen atoms in total. The second-order valence-electron chi connectivity index (χ2n) is 4.35. The zero-order valence-electron chi connectivity index (χ0n) is 10.8. The molecule has 0 amide bonds. The van der Waals surface area contributed by atoms with Gasteiger partial charge < -0.3 is 4.74 Å². The maximum atomic E-state index is 11.5. The van der Waals surface area contributed by atoms with Gasteiger partial charge in [-0.25, -0.2) is 0 Å². The molecule has 0 saturated heterocycles. The Balaban J connectivity index is 2.22. The fourth-order valence-electron chi connectivity index (χ4n) is 1.70. The van der Waals surface area contributed by atoms with Crippen LogP contribution in [-0.2, 0) is 16.0 Å². The Labute approximate surface area is 104 Å². The number of aryl methyl sites for hydroxylation is 1. The average Bonchev–Trinajstić information content (AvgIpc) is 2.39. The summed E-state index contributed by atoms with van der Waals surface area (Å²) in [5, 5.41) is 0. The molecule has 0 spiro atoms. The summed E-state index contributed by atoms with van der Waals surface area (Å²) in [5.74, 6) is 0.427. The molecule has 94 valence electrons. The van der Waals surface area contributed by atoms with Gasteiger partial charge in [-0.05, 0) is 17.9 Å². The van der Waals surface area contributed by atoms with Crippen LogP contribution in [0, 0.1) is 5.92 Å². The van der Waals surface area contributed by atoms with E-state index in [9.17, 15) is 4.79 Å². The summed E-state index contributed by atoms with van der Waals surface area (Å²) in [4.78, 5) is 11.5. The highest BCUT2D eigenvalue weighted by atomic mass is 16.5. The molecule has 2 heteroatoms. The van der Waals surface area contributed by atoms with Crippen molar-refractivity contribution in [1.82, 2.24) is 0 Å². The summed E-state index contributed by atoms with van der Waals surface area (Å²) in [6.07, 6.45) is 3.39. The highest BCUT2D eigenvalue weighted by Gasteiger charge is 2.08. The molecule has 1 rings (SSSR count). The zero-order chi connectivity index (χ0) is 12.5. The first-order valence-corrected chi connectivity index (χ1v) is 6.45. The molecule has 0 aromatic heterocycles. The molecule has 0 aliphatic heterocycles. The number of carbonyl (C=O) groups is 1. The minimum absolute atomic E-state index is 0.0826. The first-order valence-electron chi connectivity index (χ1n) is 6.45. The number of rotatable bonds is 7. The van der Waals surface area contributed by atoms with E-state index in [4.69, 9.17) is 4.74 Å². The van der Waals surface area contributed by atoms with E-state index in [1.165, 1.54) is 5.56 Å². The minimum atomic E-state index is -0.0826. The Morgan fingerprint density at radius 2 is 1.82 bits per heavy atom. The smallest absolute Gasteiger partial charge is 0.306 e. The van der Waals surface area contributed by atoms with E-state index in [-0.39, 0.29) is 5.97 Å². The summed E-state index contributed by atoms with van der Waals surface area (Å²) in [5.41, 5.74) is 1.19. The average molecular weight is 234 g/mol. The molecule has 0 aliphatic rings. The number of esters is 1. The van der Waals surface area contributed by atoms with E-state index >= 15 is 0 Å². The van der Waals surface area contributed by atoms with E-state index in [1.807, 2.05) is 30.3 Å². The van der Waals surface area contributed by atoms with Crippen molar-refractivity contribution >= 4 is 5.97 Å². The molecular weight excluding hydrogens is 212 g/mol. The highest BCUT2D eigenvalue weighted by Crippen LogP contribution is 2.09. The Hall–Kier alpha value is -1.31.